The van der Waals surface area contributed by atoms with Crippen LogP contribution in [0.1, 0.15) is 5.56 Å². The zero-order valence-electron chi connectivity index (χ0n) is 34.4. The molecule has 3 aromatic heterocycles. The highest BCUT2D eigenvalue weighted by Crippen LogP contribution is 2.43. The number of aryl methyl sites for hydroxylation is 1. The molecule has 294 valence electrons. The molecule has 0 aliphatic rings. The molecule has 0 spiro atoms. The molecule has 0 fully saturated rings. The lowest BCUT2D eigenvalue weighted by Crippen LogP contribution is -2.06. The summed E-state index contributed by atoms with van der Waals surface area (Å²) in [6, 6.07) is 73.9. The van der Waals surface area contributed by atoms with Gasteiger partial charge in [-0.05, 0) is 92.8 Å². The van der Waals surface area contributed by atoms with Crippen LogP contribution in [0.5, 0.6) is 0 Å². The third-order valence-electron chi connectivity index (χ3n) is 12.8. The van der Waals surface area contributed by atoms with Crippen molar-refractivity contribution in [3.05, 3.63) is 212 Å². The molecular formula is C58H37N5. The van der Waals surface area contributed by atoms with E-state index in [9.17, 15) is 0 Å². The number of aromatic nitrogens is 5. The zero-order valence-corrected chi connectivity index (χ0v) is 34.4. The minimum absolute atomic E-state index is 0.580. The second-order valence-corrected chi connectivity index (χ2v) is 16.5. The lowest BCUT2D eigenvalue weighted by atomic mass is 9.91. The lowest BCUT2D eigenvalue weighted by molar-refractivity contribution is 0.953. The van der Waals surface area contributed by atoms with Crippen molar-refractivity contribution in [1.29, 1.82) is 0 Å². The van der Waals surface area contributed by atoms with Crippen LogP contribution in [0.25, 0.3) is 121 Å². The first-order valence-electron chi connectivity index (χ1n) is 21.4. The topological polar surface area (TPSA) is 48.5 Å². The summed E-state index contributed by atoms with van der Waals surface area (Å²) in [6.07, 6.45) is 0. The van der Waals surface area contributed by atoms with Gasteiger partial charge in [-0.25, -0.2) is 4.98 Å². The molecule has 13 aromatic rings. The summed E-state index contributed by atoms with van der Waals surface area (Å²) < 4.78 is 4.64. The summed E-state index contributed by atoms with van der Waals surface area (Å²) >= 11 is 0. The molecule has 5 nitrogen and oxygen atoms in total. The van der Waals surface area contributed by atoms with Gasteiger partial charge < -0.3 is 4.57 Å². The monoisotopic (exact) mass is 803 g/mol. The Labute approximate surface area is 362 Å². The second kappa shape index (κ2) is 13.8. The standard InChI is InChI=1S/C58H37N5/c1-36-27-29-44-42-21-8-9-22-43(42)49-35-40(28-30-45(49)48(44)33-36)39-19-14-20-41(34-39)62-50-25-12-10-23-46(50)54-52(62)31-32-53-55(54)47-24-11-13-26-51(47)63(53)58-60-56(37-15-4-2-5-16-37)59-57(61-58)38-17-6-3-7-18-38/h2-35H,1H3. The van der Waals surface area contributed by atoms with Gasteiger partial charge in [-0.15, -0.1) is 0 Å². The largest absolute Gasteiger partial charge is 0.309 e. The minimum atomic E-state index is 0.580. The van der Waals surface area contributed by atoms with E-state index in [1.807, 2.05) is 36.4 Å². The molecule has 3 heterocycles. The Morgan fingerprint density at radius 3 is 1.44 bits per heavy atom. The molecule has 0 unspecified atom stereocenters. The van der Waals surface area contributed by atoms with E-state index in [1.165, 1.54) is 65.2 Å². The number of fused-ring (bicyclic) bond motifs is 13. The van der Waals surface area contributed by atoms with Crippen LogP contribution >= 0.6 is 0 Å². The van der Waals surface area contributed by atoms with Crippen molar-refractivity contribution in [3.63, 3.8) is 0 Å². The highest BCUT2D eigenvalue weighted by molar-refractivity contribution is 6.29. The van der Waals surface area contributed by atoms with Crippen molar-refractivity contribution in [3.8, 4) is 45.5 Å². The SMILES string of the molecule is Cc1ccc2c3ccccc3c3cc(-c4cccc(-n5c6ccccc6c6c7c8ccccc8n(-c8nc(-c9ccccc9)nc(-c9ccccc9)n8)c7ccc65)c4)ccc3c2c1. The minimum Gasteiger partial charge on any atom is -0.309 e. The Bertz CT molecular complexity index is 3920. The van der Waals surface area contributed by atoms with Gasteiger partial charge in [-0.2, -0.15) is 9.97 Å². The Balaban J connectivity index is 1.03. The summed E-state index contributed by atoms with van der Waals surface area (Å²) in [4.78, 5) is 15.4. The maximum atomic E-state index is 5.20. The fraction of sp³-hybridized carbons (Fsp3) is 0.0172. The van der Waals surface area contributed by atoms with Crippen molar-refractivity contribution in [1.82, 2.24) is 24.1 Å². The van der Waals surface area contributed by atoms with Crippen molar-refractivity contribution in [2.45, 2.75) is 6.92 Å². The smallest absolute Gasteiger partial charge is 0.238 e. The number of hydrogen-bond donors (Lipinski definition) is 0. The van der Waals surface area contributed by atoms with Gasteiger partial charge in [0.15, 0.2) is 11.6 Å². The van der Waals surface area contributed by atoms with Crippen molar-refractivity contribution in [2.75, 3.05) is 0 Å². The van der Waals surface area contributed by atoms with E-state index in [1.54, 1.807) is 0 Å². The highest BCUT2D eigenvalue weighted by Gasteiger charge is 2.23. The Hall–Kier alpha value is -8.41. The summed E-state index contributed by atoms with van der Waals surface area (Å²) in [6.45, 7) is 2.18. The van der Waals surface area contributed by atoms with Crippen LogP contribution in [0, 0.1) is 6.92 Å². The number of rotatable bonds is 5. The fourth-order valence-corrected chi connectivity index (χ4v) is 9.98. The van der Waals surface area contributed by atoms with E-state index in [0.29, 0.717) is 17.6 Å². The normalized spacial score (nSPS) is 11.9. The predicted molar refractivity (Wildman–Crippen MR) is 262 cm³/mol. The van der Waals surface area contributed by atoms with Crippen LogP contribution in [0.3, 0.4) is 0 Å². The molecule has 0 N–H and O–H groups in total. The van der Waals surface area contributed by atoms with E-state index in [4.69, 9.17) is 15.0 Å². The molecule has 0 amide bonds. The Morgan fingerprint density at radius 2 is 0.778 bits per heavy atom. The fourth-order valence-electron chi connectivity index (χ4n) is 9.98. The van der Waals surface area contributed by atoms with Gasteiger partial charge in [0.2, 0.25) is 5.95 Å². The quantitative estimate of drug-likeness (QED) is 0.163. The first kappa shape index (κ1) is 35.4. The highest BCUT2D eigenvalue weighted by atomic mass is 15.2. The molecule has 0 aliphatic heterocycles. The molecular weight excluding hydrogens is 767 g/mol. The maximum absolute atomic E-state index is 5.20. The van der Waals surface area contributed by atoms with Crippen LogP contribution in [0.2, 0.25) is 0 Å². The van der Waals surface area contributed by atoms with Crippen LogP contribution in [-0.4, -0.2) is 24.1 Å². The average Bonchev–Trinajstić information content (AvgIpc) is 3.87. The van der Waals surface area contributed by atoms with Gasteiger partial charge >= 0.3 is 0 Å². The second-order valence-electron chi connectivity index (χ2n) is 16.5. The molecule has 0 radical (unpaired) electrons. The first-order chi connectivity index (χ1) is 31.2. The number of nitrogens with zero attached hydrogens (tertiary/aromatic N) is 5. The molecule has 10 aromatic carbocycles. The van der Waals surface area contributed by atoms with Gasteiger partial charge in [-0.3, -0.25) is 4.57 Å². The molecule has 0 atom stereocenters. The van der Waals surface area contributed by atoms with Gasteiger partial charge in [0.1, 0.15) is 0 Å². The van der Waals surface area contributed by atoms with Gasteiger partial charge in [0.25, 0.3) is 0 Å². The van der Waals surface area contributed by atoms with E-state index in [-0.39, 0.29) is 0 Å². The molecule has 0 aliphatic carbocycles. The van der Waals surface area contributed by atoms with E-state index >= 15 is 0 Å². The van der Waals surface area contributed by atoms with Crippen molar-refractivity contribution >= 4 is 75.9 Å². The zero-order chi connectivity index (χ0) is 41.6. The van der Waals surface area contributed by atoms with Crippen LogP contribution in [0.15, 0.2) is 206 Å². The molecule has 13 rings (SSSR count). The van der Waals surface area contributed by atoms with Gasteiger partial charge in [0, 0.05) is 38.4 Å². The molecule has 5 heteroatoms. The molecule has 0 saturated heterocycles. The molecule has 0 saturated carbocycles. The third kappa shape index (κ3) is 5.46. The van der Waals surface area contributed by atoms with Gasteiger partial charge in [0.05, 0.1) is 22.1 Å². The Morgan fingerprint density at radius 1 is 0.302 bits per heavy atom. The van der Waals surface area contributed by atoms with Gasteiger partial charge in [-0.1, -0.05) is 169 Å². The maximum Gasteiger partial charge on any atom is 0.238 e. The molecule has 0 bridgehead atoms. The van der Waals surface area contributed by atoms with E-state index < -0.39 is 0 Å². The molecule has 63 heavy (non-hydrogen) atoms. The van der Waals surface area contributed by atoms with E-state index in [2.05, 4.69) is 186 Å². The summed E-state index contributed by atoms with van der Waals surface area (Å²) in [5, 5.41) is 12.4. The Kier molecular flexibility index (Phi) is 7.75. The third-order valence-corrected chi connectivity index (χ3v) is 12.8. The number of hydrogen-bond acceptors (Lipinski definition) is 3. The van der Waals surface area contributed by atoms with Crippen LogP contribution < -0.4 is 0 Å². The first-order valence-corrected chi connectivity index (χ1v) is 21.4. The van der Waals surface area contributed by atoms with Crippen molar-refractivity contribution < 1.29 is 0 Å². The number of para-hydroxylation sites is 2. The number of benzene rings is 10. The van der Waals surface area contributed by atoms with Crippen molar-refractivity contribution in [2.24, 2.45) is 0 Å². The summed E-state index contributed by atoms with van der Waals surface area (Å²) in [5.74, 6) is 1.84. The van der Waals surface area contributed by atoms with E-state index in [0.717, 1.165) is 44.3 Å². The predicted octanol–water partition coefficient (Wildman–Crippen LogP) is 14.8. The average molecular weight is 804 g/mol. The summed E-state index contributed by atoms with van der Waals surface area (Å²) in [7, 11) is 0. The summed E-state index contributed by atoms with van der Waals surface area (Å²) in [5.41, 5.74) is 11.0. The lowest BCUT2D eigenvalue weighted by Gasteiger charge is -2.14. The van der Waals surface area contributed by atoms with Crippen LogP contribution in [-0.2, 0) is 0 Å². The van der Waals surface area contributed by atoms with Crippen LogP contribution in [0.4, 0.5) is 0 Å².